The fourth-order valence-corrected chi connectivity index (χ4v) is 3.77. The first-order valence-electron chi connectivity index (χ1n) is 10.8. The predicted octanol–water partition coefficient (Wildman–Crippen LogP) is 7.61. The average molecular weight is 619 g/mol. The van der Waals surface area contributed by atoms with Gasteiger partial charge in [-0.25, -0.2) is 0 Å². The summed E-state index contributed by atoms with van der Waals surface area (Å²) in [7, 11) is 0. The SMILES string of the molecule is Cc1cc2oc3c(-c4ccccn4)[c-]ccc3c2cc1C.[Ir].[c-]1ccccc1-c1ccccn1. The third kappa shape index (κ3) is 4.84. The summed E-state index contributed by atoms with van der Waals surface area (Å²) in [6.07, 6.45) is 3.58. The number of fused-ring (bicyclic) bond motifs is 3. The van der Waals surface area contributed by atoms with Crippen LogP contribution in [0.25, 0.3) is 44.5 Å². The molecule has 169 valence electrons. The van der Waals surface area contributed by atoms with Crippen molar-refractivity contribution >= 4 is 21.9 Å². The second-order valence-corrected chi connectivity index (χ2v) is 7.84. The van der Waals surface area contributed by atoms with E-state index in [0.29, 0.717) is 0 Å². The van der Waals surface area contributed by atoms with Crippen LogP contribution in [-0.2, 0) is 20.1 Å². The smallest absolute Gasteiger partial charge is 0.121 e. The van der Waals surface area contributed by atoms with Gasteiger partial charge in [0.15, 0.2) is 0 Å². The predicted molar refractivity (Wildman–Crippen MR) is 134 cm³/mol. The van der Waals surface area contributed by atoms with Crippen molar-refractivity contribution in [2.24, 2.45) is 0 Å². The maximum absolute atomic E-state index is 6.10. The van der Waals surface area contributed by atoms with Crippen LogP contribution in [0.15, 0.2) is 102 Å². The van der Waals surface area contributed by atoms with Crippen LogP contribution in [0.1, 0.15) is 11.1 Å². The summed E-state index contributed by atoms with van der Waals surface area (Å²) in [5, 5.41) is 2.27. The summed E-state index contributed by atoms with van der Waals surface area (Å²) in [5.74, 6) is 0. The van der Waals surface area contributed by atoms with Crippen molar-refractivity contribution in [1.82, 2.24) is 9.97 Å². The summed E-state index contributed by atoms with van der Waals surface area (Å²) >= 11 is 0. The number of hydrogen-bond acceptors (Lipinski definition) is 3. The molecule has 0 N–H and O–H groups in total. The zero-order valence-corrected chi connectivity index (χ0v) is 21.3. The van der Waals surface area contributed by atoms with Gasteiger partial charge in [-0.15, -0.1) is 54.1 Å². The number of hydrogen-bond donors (Lipinski definition) is 0. The van der Waals surface area contributed by atoms with Crippen LogP contribution in [0.2, 0.25) is 0 Å². The number of benzene rings is 3. The van der Waals surface area contributed by atoms with E-state index >= 15 is 0 Å². The first-order chi connectivity index (χ1) is 16.2. The van der Waals surface area contributed by atoms with Gasteiger partial charge >= 0.3 is 0 Å². The van der Waals surface area contributed by atoms with Gasteiger partial charge < -0.3 is 14.4 Å². The van der Waals surface area contributed by atoms with Crippen LogP contribution in [0, 0.1) is 26.0 Å². The minimum Gasteiger partial charge on any atom is -0.501 e. The van der Waals surface area contributed by atoms with Gasteiger partial charge in [-0.05, 0) is 60.6 Å². The molecule has 3 aromatic heterocycles. The Bertz CT molecular complexity index is 1470. The summed E-state index contributed by atoms with van der Waals surface area (Å²) in [6, 6.07) is 34.2. The Morgan fingerprint density at radius 3 is 2.06 bits per heavy atom. The maximum Gasteiger partial charge on any atom is 0.121 e. The Morgan fingerprint density at radius 2 is 1.38 bits per heavy atom. The Morgan fingerprint density at radius 1 is 0.676 bits per heavy atom. The van der Waals surface area contributed by atoms with Gasteiger partial charge in [-0.1, -0.05) is 35.2 Å². The van der Waals surface area contributed by atoms with Crippen molar-refractivity contribution < 1.29 is 24.5 Å². The van der Waals surface area contributed by atoms with Crippen LogP contribution in [0.5, 0.6) is 0 Å². The van der Waals surface area contributed by atoms with E-state index in [1.54, 1.807) is 12.4 Å². The summed E-state index contributed by atoms with van der Waals surface area (Å²) in [4.78, 5) is 8.63. The zero-order chi connectivity index (χ0) is 22.6. The molecule has 0 aliphatic carbocycles. The van der Waals surface area contributed by atoms with Crippen molar-refractivity contribution in [3.8, 4) is 22.5 Å². The zero-order valence-electron chi connectivity index (χ0n) is 18.9. The van der Waals surface area contributed by atoms with Gasteiger partial charge in [0, 0.05) is 37.9 Å². The van der Waals surface area contributed by atoms with E-state index in [4.69, 9.17) is 4.42 Å². The minimum absolute atomic E-state index is 0. The number of aromatic nitrogens is 2. The average Bonchev–Trinajstić information content (AvgIpc) is 3.23. The molecule has 0 saturated heterocycles. The second kappa shape index (κ2) is 10.6. The van der Waals surface area contributed by atoms with E-state index in [0.717, 1.165) is 44.5 Å². The van der Waals surface area contributed by atoms with Crippen LogP contribution in [0.4, 0.5) is 0 Å². The Labute approximate surface area is 212 Å². The third-order valence-electron chi connectivity index (χ3n) is 5.62. The van der Waals surface area contributed by atoms with Gasteiger partial charge in [0.05, 0.1) is 5.58 Å². The summed E-state index contributed by atoms with van der Waals surface area (Å²) in [6.45, 7) is 4.23. The molecule has 34 heavy (non-hydrogen) atoms. The molecule has 6 aromatic rings. The van der Waals surface area contributed by atoms with Gasteiger partial charge in [-0.3, -0.25) is 0 Å². The van der Waals surface area contributed by atoms with Crippen LogP contribution >= 0.6 is 0 Å². The standard InChI is InChI=1S/C19H14NO.C11H8N.Ir/c1-12-10-16-14-6-5-7-15(17-8-3-4-9-20-17)19(14)21-18(16)11-13(12)2;1-2-6-10(7-3-1)11-8-4-5-9-12-11;/h3-6,8-11H,1-2H3;1-6,8-9H;/q2*-1;. The molecule has 0 unspecified atom stereocenters. The molecule has 3 aromatic carbocycles. The minimum atomic E-state index is 0. The Hall–Kier alpha value is -3.59. The molecule has 0 atom stereocenters. The number of rotatable bonds is 2. The molecule has 0 saturated carbocycles. The van der Waals surface area contributed by atoms with Gasteiger partial charge in [-0.2, -0.15) is 0 Å². The molecule has 0 aliphatic rings. The number of furan rings is 1. The number of aryl methyl sites for hydroxylation is 2. The van der Waals surface area contributed by atoms with Crippen LogP contribution < -0.4 is 0 Å². The molecule has 0 aliphatic heterocycles. The van der Waals surface area contributed by atoms with E-state index in [9.17, 15) is 0 Å². The van der Waals surface area contributed by atoms with Gasteiger partial charge in [0.2, 0.25) is 0 Å². The molecule has 1 radical (unpaired) electrons. The molecule has 4 heteroatoms. The van der Waals surface area contributed by atoms with Crippen molar-refractivity contribution in [3.05, 3.63) is 121 Å². The van der Waals surface area contributed by atoms with E-state index in [-0.39, 0.29) is 20.1 Å². The van der Waals surface area contributed by atoms with E-state index < -0.39 is 0 Å². The molecule has 6 rings (SSSR count). The first kappa shape index (κ1) is 23.6. The second-order valence-electron chi connectivity index (χ2n) is 7.84. The number of pyridine rings is 2. The molecular formula is C30H22IrN2O-2. The van der Waals surface area contributed by atoms with E-state index in [1.165, 1.54) is 11.1 Å². The molecule has 0 bridgehead atoms. The van der Waals surface area contributed by atoms with Crippen LogP contribution in [-0.4, -0.2) is 9.97 Å². The third-order valence-corrected chi connectivity index (χ3v) is 5.62. The Balaban J connectivity index is 0.000000180. The van der Waals surface area contributed by atoms with E-state index in [2.05, 4.69) is 54.1 Å². The normalized spacial score (nSPS) is 10.4. The van der Waals surface area contributed by atoms with Crippen molar-refractivity contribution in [1.29, 1.82) is 0 Å². The van der Waals surface area contributed by atoms with Crippen molar-refractivity contribution in [2.75, 3.05) is 0 Å². The fourth-order valence-electron chi connectivity index (χ4n) is 3.77. The maximum atomic E-state index is 6.10. The van der Waals surface area contributed by atoms with Crippen LogP contribution in [0.3, 0.4) is 0 Å². The fraction of sp³-hybridized carbons (Fsp3) is 0.0667. The summed E-state index contributed by atoms with van der Waals surface area (Å²) < 4.78 is 6.10. The van der Waals surface area contributed by atoms with Gasteiger partial charge in [0.25, 0.3) is 0 Å². The topological polar surface area (TPSA) is 38.9 Å². The van der Waals surface area contributed by atoms with E-state index in [1.807, 2.05) is 66.7 Å². The molecular weight excluding hydrogens is 597 g/mol. The molecule has 0 spiro atoms. The molecule has 3 nitrogen and oxygen atoms in total. The molecule has 0 amide bonds. The quantitative estimate of drug-likeness (QED) is 0.188. The molecule has 3 heterocycles. The monoisotopic (exact) mass is 619 g/mol. The number of nitrogens with zero attached hydrogens (tertiary/aromatic N) is 2. The largest absolute Gasteiger partial charge is 0.501 e. The first-order valence-corrected chi connectivity index (χ1v) is 10.8. The summed E-state index contributed by atoms with van der Waals surface area (Å²) in [5.41, 5.74) is 8.11. The Kier molecular flexibility index (Phi) is 7.32. The van der Waals surface area contributed by atoms with Crippen molar-refractivity contribution in [2.45, 2.75) is 13.8 Å². The van der Waals surface area contributed by atoms with Gasteiger partial charge in [0.1, 0.15) is 5.58 Å². The van der Waals surface area contributed by atoms with Crippen molar-refractivity contribution in [3.63, 3.8) is 0 Å². The molecule has 0 fully saturated rings.